The molecule has 0 aliphatic carbocycles. The lowest BCUT2D eigenvalue weighted by Gasteiger charge is -2.18. The van der Waals surface area contributed by atoms with Gasteiger partial charge in [0.25, 0.3) is 0 Å². The second kappa shape index (κ2) is 5.94. The van der Waals surface area contributed by atoms with E-state index in [1.165, 1.54) is 0 Å². The predicted molar refractivity (Wildman–Crippen MR) is 52.9 cm³/mol. The molecular formula is C9H20N2O2. The maximum absolute atomic E-state index is 10.5. The monoisotopic (exact) mass is 188 g/mol. The van der Waals surface area contributed by atoms with Gasteiger partial charge < -0.3 is 15.3 Å². The third-order valence-corrected chi connectivity index (χ3v) is 1.91. The summed E-state index contributed by atoms with van der Waals surface area (Å²) in [6, 6.07) is -0.217. The van der Waals surface area contributed by atoms with E-state index in [1.54, 1.807) is 6.92 Å². The molecule has 0 fully saturated rings. The normalized spacial score (nSPS) is 15.8. The fraction of sp³-hybridized carbons (Fsp3) is 0.889. The van der Waals surface area contributed by atoms with Crippen LogP contribution in [-0.4, -0.2) is 48.7 Å². The lowest BCUT2D eigenvalue weighted by molar-refractivity contribution is -0.139. The van der Waals surface area contributed by atoms with Gasteiger partial charge in [-0.05, 0) is 40.9 Å². The molecule has 2 N–H and O–H groups in total. The van der Waals surface area contributed by atoms with E-state index in [-0.39, 0.29) is 6.04 Å². The lowest BCUT2D eigenvalue weighted by Crippen LogP contribution is -2.40. The van der Waals surface area contributed by atoms with Crippen molar-refractivity contribution in [3.05, 3.63) is 0 Å². The molecule has 0 spiro atoms. The van der Waals surface area contributed by atoms with Gasteiger partial charge in [-0.3, -0.25) is 4.79 Å². The molecule has 4 nitrogen and oxygen atoms in total. The van der Waals surface area contributed by atoms with Gasteiger partial charge in [-0.15, -0.1) is 0 Å². The van der Waals surface area contributed by atoms with Crippen molar-refractivity contribution < 1.29 is 9.90 Å². The second-order valence-electron chi connectivity index (χ2n) is 3.72. The molecule has 2 atom stereocenters. The van der Waals surface area contributed by atoms with Crippen LogP contribution in [0.4, 0.5) is 0 Å². The van der Waals surface area contributed by atoms with E-state index < -0.39 is 12.0 Å². The standard InChI is InChI=1S/C9H20N2O2/c1-7(5-6-11(3)4)10-8(2)9(12)13/h7-8,10H,5-6H2,1-4H3,(H,12,13). The van der Waals surface area contributed by atoms with E-state index in [9.17, 15) is 4.79 Å². The fourth-order valence-electron chi connectivity index (χ4n) is 1.03. The first-order valence-electron chi connectivity index (χ1n) is 4.57. The van der Waals surface area contributed by atoms with Crippen LogP contribution in [-0.2, 0) is 4.79 Å². The van der Waals surface area contributed by atoms with E-state index in [0.29, 0.717) is 0 Å². The van der Waals surface area contributed by atoms with Gasteiger partial charge in [0.2, 0.25) is 0 Å². The molecule has 13 heavy (non-hydrogen) atoms. The molecule has 0 radical (unpaired) electrons. The zero-order chi connectivity index (χ0) is 10.4. The molecule has 0 aromatic carbocycles. The summed E-state index contributed by atoms with van der Waals surface area (Å²) in [7, 11) is 4.01. The van der Waals surface area contributed by atoms with Crippen LogP contribution in [0.25, 0.3) is 0 Å². The molecule has 2 unspecified atom stereocenters. The Labute approximate surface area is 79.9 Å². The largest absolute Gasteiger partial charge is 0.480 e. The van der Waals surface area contributed by atoms with Crippen molar-refractivity contribution in [3.63, 3.8) is 0 Å². The molecule has 0 aliphatic heterocycles. The van der Waals surface area contributed by atoms with Crippen LogP contribution in [0.5, 0.6) is 0 Å². The van der Waals surface area contributed by atoms with Gasteiger partial charge in [0.15, 0.2) is 0 Å². The molecule has 78 valence electrons. The third-order valence-electron chi connectivity index (χ3n) is 1.91. The second-order valence-corrected chi connectivity index (χ2v) is 3.72. The van der Waals surface area contributed by atoms with Crippen LogP contribution in [0.3, 0.4) is 0 Å². The zero-order valence-corrected chi connectivity index (χ0v) is 8.87. The van der Waals surface area contributed by atoms with Crippen LogP contribution >= 0.6 is 0 Å². The van der Waals surface area contributed by atoms with Crippen molar-refractivity contribution >= 4 is 5.97 Å². The minimum absolute atomic E-state index is 0.244. The number of nitrogens with zero attached hydrogens (tertiary/aromatic N) is 1. The van der Waals surface area contributed by atoms with E-state index in [4.69, 9.17) is 5.11 Å². The zero-order valence-electron chi connectivity index (χ0n) is 8.87. The van der Waals surface area contributed by atoms with Crippen LogP contribution in [0.15, 0.2) is 0 Å². The SMILES string of the molecule is CC(CCN(C)C)NC(C)C(=O)O. The first-order valence-corrected chi connectivity index (χ1v) is 4.57. The van der Waals surface area contributed by atoms with Crippen LogP contribution in [0, 0.1) is 0 Å². The molecule has 0 bridgehead atoms. The Hall–Kier alpha value is -0.610. The Balaban J connectivity index is 3.61. The molecule has 4 heteroatoms. The highest BCUT2D eigenvalue weighted by molar-refractivity contribution is 5.72. The number of rotatable bonds is 6. The number of aliphatic carboxylic acids is 1. The van der Waals surface area contributed by atoms with Crippen molar-refractivity contribution in [1.82, 2.24) is 10.2 Å². The van der Waals surface area contributed by atoms with Crippen LogP contribution in [0.1, 0.15) is 20.3 Å². The summed E-state index contributed by atoms with van der Waals surface area (Å²) in [5.41, 5.74) is 0. The summed E-state index contributed by atoms with van der Waals surface area (Å²) < 4.78 is 0. The maximum Gasteiger partial charge on any atom is 0.320 e. The van der Waals surface area contributed by atoms with Crippen molar-refractivity contribution in [2.75, 3.05) is 20.6 Å². The number of carboxylic acids is 1. The minimum atomic E-state index is -0.795. The van der Waals surface area contributed by atoms with E-state index in [2.05, 4.69) is 10.2 Å². The molecule has 0 aliphatic rings. The van der Waals surface area contributed by atoms with Gasteiger partial charge in [0, 0.05) is 6.04 Å². The number of carbonyl (C=O) groups is 1. The van der Waals surface area contributed by atoms with Crippen molar-refractivity contribution in [2.45, 2.75) is 32.4 Å². The highest BCUT2D eigenvalue weighted by Gasteiger charge is 2.13. The van der Waals surface area contributed by atoms with Gasteiger partial charge >= 0.3 is 5.97 Å². The summed E-state index contributed by atoms with van der Waals surface area (Å²) in [6.07, 6.45) is 0.963. The van der Waals surface area contributed by atoms with Crippen LogP contribution in [0.2, 0.25) is 0 Å². The molecule has 0 heterocycles. The Kier molecular flexibility index (Phi) is 5.66. The van der Waals surface area contributed by atoms with E-state index in [1.807, 2.05) is 21.0 Å². The predicted octanol–water partition coefficient (Wildman–Crippen LogP) is 0.389. The smallest absolute Gasteiger partial charge is 0.320 e. The van der Waals surface area contributed by atoms with Crippen molar-refractivity contribution in [3.8, 4) is 0 Å². The van der Waals surface area contributed by atoms with Gasteiger partial charge in [-0.1, -0.05) is 0 Å². The molecule has 0 saturated heterocycles. The van der Waals surface area contributed by atoms with Crippen LogP contribution < -0.4 is 5.32 Å². The van der Waals surface area contributed by atoms with Gasteiger partial charge in [0.05, 0.1) is 0 Å². The quantitative estimate of drug-likeness (QED) is 0.633. The van der Waals surface area contributed by atoms with E-state index >= 15 is 0 Å². The maximum atomic E-state index is 10.5. The molecule has 0 aromatic heterocycles. The Morgan fingerprint density at radius 2 is 2.00 bits per heavy atom. The Bertz CT molecular complexity index is 160. The van der Waals surface area contributed by atoms with Crippen molar-refractivity contribution in [1.29, 1.82) is 0 Å². The highest BCUT2D eigenvalue weighted by Crippen LogP contribution is 1.94. The number of hydrogen-bond donors (Lipinski definition) is 2. The number of nitrogens with one attached hydrogen (secondary N) is 1. The fourth-order valence-corrected chi connectivity index (χ4v) is 1.03. The average molecular weight is 188 g/mol. The van der Waals surface area contributed by atoms with Gasteiger partial charge in [-0.25, -0.2) is 0 Å². The van der Waals surface area contributed by atoms with Gasteiger partial charge in [0.1, 0.15) is 6.04 Å². The molecular weight excluding hydrogens is 168 g/mol. The first kappa shape index (κ1) is 12.4. The summed E-state index contributed by atoms with van der Waals surface area (Å²) in [4.78, 5) is 12.6. The number of hydrogen-bond acceptors (Lipinski definition) is 3. The van der Waals surface area contributed by atoms with Crippen molar-refractivity contribution in [2.24, 2.45) is 0 Å². The summed E-state index contributed by atoms with van der Waals surface area (Å²) in [6.45, 7) is 4.64. The Morgan fingerprint density at radius 1 is 1.46 bits per heavy atom. The van der Waals surface area contributed by atoms with Gasteiger partial charge in [-0.2, -0.15) is 0 Å². The first-order chi connectivity index (χ1) is 5.93. The number of carboxylic acid groups (broad SMARTS) is 1. The molecule has 0 saturated carbocycles. The summed E-state index contributed by atoms with van der Waals surface area (Å²) >= 11 is 0. The van der Waals surface area contributed by atoms with E-state index in [0.717, 1.165) is 13.0 Å². The molecule has 0 aromatic rings. The summed E-state index contributed by atoms with van der Waals surface area (Å²) in [5.74, 6) is -0.795. The highest BCUT2D eigenvalue weighted by atomic mass is 16.4. The lowest BCUT2D eigenvalue weighted by atomic mass is 10.2. The summed E-state index contributed by atoms with van der Waals surface area (Å²) in [5, 5.41) is 11.6. The minimum Gasteiger partial charge on any atom is -0.480 e. The third kappa shape index (κ3) is 6.54. The average Bonchev–Trinajstić information content (AvgIpc) is 2.00. The topological polar surface area (TPSA) is 52.6 Å². The Morgan fingerprint density at radius 3 is 2.38 bits per heavy atom. The molecule has 0 amide bonds. The molecule has 0 rings (SSSR count).